The zero-order chi connectivity index (χ0) is 29.9. The molecule has 220 valence electrons. The Morgan fingerprint density at radius 1 is 1.10 bits per heavy atom. The lowest BCUT2D eigenvalue weighted by molar-refractivity contribution is -0.145. The van der Waals surface area contributed by atoms with Gasteiger partial charge in [0.25, 0.3) is 16.1 Å². The molecule has 3 unspecified atom stereocenters. The molecule has 1 heterocycles. The molecule has 3 N–H and O–H groups in total. The van der Waals surface area contributed by atoms with Crippen molar-refractivity contribution < 1.29 is 27.6 Å². The number of amides is 3. The first-order valence-electron chi connectivity index (χ1n) is 13.3. The van der Waals surface area contributed by atoms with Crippen LogP contribution >= 0.6 is 0 Å². The van der Waals surface area contributed by atoms with Crippen molar-refractivity contribution in [2.24, 2.45) is 22.7 Å². The minimum Gasteiger partial charge on any atom is -0.349 e. The van der Waals surface area contributed by atoms with Gasteiger partial charge in [-0.25, -0.2) is 0 Å². The molecule has 2 aliphatic rings. The molecular formula is C27H45N5O6S. The molecule has 1 aliphatic heterocycles. The van der Waals surface area contributed by atoms with Crippen molar-refractivity contribution in [3.05, 3.63) is 25.3 Å². The van der Waals surface area contributed by atoms with Crippen LogP contribution in [0.4, 0.5) is 0 Å². The second kappa shape index (κ2) is 12.3. The lowest BCUT2D eigenvalue weighted by atomic mass is 9.86. The molecule has 3 amide bonds. The lowest BCUT2D eigenvalue weighted by Crippen LogP contribution is -2.61. The molecule has 0 spiro atoms. The number of likely N-dealkylation sites (tertiary alicyclic amines) is 1. The maximum atomic E-state index is 13.9. The first kappa shape index (κ1) is 32.6. The van der Waals surface area contributed by atoms with Crippen molar-refractivity contribution in [2.45, 2.75) is 72.0 Å². The molecule has 1 aliphatic carbocycles. The number of ketones is 1. The van der Waals surface area contributed by atoms with Gasteiger partial charge in [-0.15, -0.1) is 13.2 Å². The number of allylic oxidation sites excluding steroid dienone is 1. The molecule has 5 atom stereocenters. The summed E-state index contributed by atoms with van der Waals surface area (Å²) < 4.78 is 28.8. The molecule has 11 nitrogen and oxygen atoms in total. The van der Waals surface area contributed by atoms with Crippen molar-refractivity contribution in [3.8, 4) is 0 Å². The summed E-state index contributed by atoms with van der Waals surface area (Å²) in [5.74, 6) is -2.74. The number of carbonyl (C=O) groups excluding carboxylic acids is 4. The molecular weight excluding hydrogens is 522 g/mol. The molecule has 12 heteroatoms. The average molecular weight is 568 g/mol. The number of Topliss-reactive ketones (excluding diaryl/α,β-unsaturated/α-hetero) is 1. The molecule has 0 aromatic heterocycles. The van der Waals surface area contributed by atoms with E-state index in [0.717, 1.165) is 4.31 Å². The Balaban J connectivity index is 2.34. The van der Waals surface area contributed by atoms with Crippen molar-refractivity contribution in [2.75, 3.05) is 27.2 Å². The summed E-state index contributed by atoms with van der Waals surface area (Å²) in [6.45, 7) is 17.1. The molecule has 0 bridgehead atoms. The zero-order valence-electron chi connectivity index (χ0n) is 24.2. The van der Waals surface area contributed by atoms with E-state index in [0.29, 0.717) is 12.8 Å². The third kappa shape index (κ3) is 7.34. The van der Waals surface area contributed by atoms with Crippen LogP contribution in [-0.2, 0) is 29.4 Å². The Morgan fingerprint density at radius 3 is 2.21 bits per heavy atom. The minimum absolute atomic E-state index is 0.0489. The van der Waals surface area contributed by atoms with Gasteiger partial charge in [-0.2, -0.15) is 17.4 Å². The number of nitrogens with one attached hydrogen (secondary N) is 3. The van der Waals surface area contributed by atoms with Crippen LogP contribution in [0.1, 0.15) is 53.9 Å². The molecule has 2 fully saturated rings. The number of hydrogen-bond acceptors (Lipinski definition) is 6. The number of rotatable bonds is 14. The van der Waals surface area contributed by atoms with Gasteiger partial charge in [-0.05, 0) is 41.9 Å². The topological polar surface area (TPSA) is 145 Å². The van der Waals surface area contributed by atoms with E-state index in [9.17, 15) is 27.6 Å². The molecule has 39 heavy (non-hydrogen) atoms. The van der Waals surface area contributed by atoms with Crippen LogP contribution in [0.2, 0.25) is 0 Å². The Bertz CT molecular complexity index is 1090. The normalized spacial score (nSPS) is 23.4. The van der Waals surface area contributed by atoms with Gasteiger partial charge in [-0.3, -0.25) is 19.2 Å². The Kier molecular flexibility index (Phi) is 10.3. The highest BCUT2D eigenvalue weighted by atomic mass is 32.2. The van der Waals surface area contributed by atoms with E-state index in [1.54, 1.807) is 32.9 Å². The zero-order valence-corrected chi connectivity index (χ0v) is 25.1. The Morgan fingerprint density at radius 2 is 1.69 bits per heavy atom. The number of nitrogens with zero attached hydrogens (tertiary/aromatic N) is 2. The number of fused-ring (bicyclic) bond motifs is 1. The minimum atomic E-state index is -3.95. The molecule has 0 aromatic rings. The quantitative estimate of drug-likeness (QED) is 0.162. The van der Waals surface area contributed by atoms with E-state index in [4.69, 9.17) is 0 Å². The van der Waals surface area contributed by atoms with Crippen LogP contribution in [0, 0.1) is 22.7 Å². The highest BCUT2D eigenvalue weighted by Gasteiger charge is 2.70. The summed E-state index contributed by atoms with van der Waals surface area (Å²) in [7, 11) is -1.22. The highest BCUT2D eigenvalue weighted by Crippen LogP contribution is 2.65. The molecule has 2 rings (SSSR count). The molecule has 1 saturated heterocycles. The number of hydrogen-bond donors (Lipinski definition) is 3. The van der Waals surface area contributed by atoms with E-state index in [1.165, 1.54) is 19.0 Å². The SMILES string of the molecule is C=CCCNC(=O)C(=O)C(CCC=C)NC(=O)[C@@H]1C2C(CN1C(=O)[C@@H](NS(=O)(=O)N(C)C)C(C)(C)C)C2(C)C. The molecule has 1 saturated carbocycles. The fraction of sp³-hybridized carbons (Fsp3) is 0.704. The van der Waals surface area contributed by atoms with Gasteiger partial charge in [0.1, 0.15) is 12.1 Å². The third-order valence-corrected chi connectivity index (χ3v) is 9.27. The maximum absolute atomic E-state index is 13.9. The van der Waals surface area contributed by atoms with Gasteiger partial charge < -0.3 is 15.5 Å². The van der Waals surface area contributed by atoms with Gasteiger partial charge in [0.05, 0.1) is 6.04 Å². The highest BCUT2D eigenvalue weighted by molar-refractivity contribution is 7.87. The number of piperidine rings is 1. The monoisotopic (exact) mass is 567 g/mol. The second-order valence-electron chi connectivity index (χ2n) is 12.2. The van der Waals surface area contributed by atoms with E-state index in [2.05, 4.69) is 28.5 Å². The van der Waals surface area contributed by atoms with Crippen LogP contribution < -0.4 is 15.4 Å². The Labute approximate surface area is 233 Å². The molecule has 0 aromatic carbocycles. The summed E-state index contributed by atoms with van der Waals surface area (Å²) in [6.07, 6.45) is 4.27. The first-order chi connectivity index (χ1) is 17.9. The van der Waals surface area contributed by atoms with Crippen LogP contribution in [0.5, 0.6) is 0 Å². The summed E-state index contributed by atoms with van der Waals surface area (Å²) in [6, 6.07) is -3.13. The fourth-order valence-corrected chi connectivity index (χ4v) is 6.14. The van der Waals surface area contributed by atoms with Crippen molar-refractivity contribution >= 4 is 33.7 Å². The maximum Gasteiger partial charge on any atom is 0.289 e. The van der Waals surface area contributed by atoms with Gasteiger partial charge in [0.2, 0.25) is 17.6 Å². The van der Waals surface area contributed by atoms with Crippen LogP contribution in [0.15, 0.2) is 25.3 Å². The van der Waals surface area contributed by atoms with Gasteiger partial charge in [0.15, 0.2) is 0 Å². The summed E-state index contributed by atoms with van der Waals surface area (Å²) in [4.78, 5) is 54.4. The second-order valence-corrected chi connectivity index (χ2v) is 14.1. The lowest BCUT2D eigenvalue weighted by Gasteiger charge is -2.38. The van der Waals surface area contributed by atoms with E-state index in [-0.39, 0.29) is 36.8 Å². The first-order valence-corrected chi connectivity index (χ1v) is 14.7. The Hall–Kier alpha value is -2.57. The predicted octanol–water partition coefficient (Wildman–Crippen LogP) is 0.993. The van der Waals surface area contributed by atoms with Crippen molar-refractivity contribution in [1.29, 1.82) is 0 Å². The standard InChI is InChI=1S/C27H45N5O6S/c1-10-12-14-18(21(33)24(35)28-15-13-11-2)29-23(34)20-19-17(27(19,6)7)16-32(20)25(36)22(26(3,4)5)30-39(37,38)31(8)9/h10-11,17-20,22,30H,1-2,12-16H2,3-9H3,(H,28,35)(H,29,34)/t17?,18?,19?,20-,22+/m0/s1. The van der Waals surface area contributed by atoms with Gasteiger partial charge in [-0.1, -0.05) is 46.8 Å². The predicted molar refractivity (Wildman–Crippen MR) is 149 cm³/mol. The van der Waals surface area contributed by atoms with Crippen LogP contribution in [0.3, 0.4) is 0 Å². The van der Waals surface area contributed by atoms with Crippen LogP contribution in [-0.4, -0.2) is 86.4 Å². The van der Waals surface area contributed by atoms with E-state index < -0.39 is 57.3 Å². The van der Waals surface area contributed by atoms with E-state index in [1.807, 2.05) is 13.8 Å². The van der Waals surface area contributed by atoms with Crippen LogP contribution in [0.25, 0.3) is 0 Å². The van der Waals surface area contributed by atoms with Crippen molar-refractivity contribution in [3.63, 3.8) is 0 Å². The fourth-order valence-electron chi connectivity index (χ4n) is 5.17. The summed E-state index contributed by atoms with van der Waals surface area (Å²) in [5, 5.41) is 5.26. The van der Waals surface area contributed by atoms with Gasteiger partial charge in [0, 0.05) is 27.2 Å². The number of carbonyl (C=O) groups is 4. The largest absolute Gasteiger partial charge is 0.349 e. The molecule has 0 radical (unpaired) electrons. The van der Waals surface area contributed by atoms with Gasteiger partial charge >= 0.3 is 0 Å². The van der Waals surface area contributed by atoms with Crippen molar-refractivity contribution in [1.82, 2.24) is 24.6 Å². The third-order valence-electron chi connectivity index (χ3n) is 7.77. The summed E-state index contributed by atoms with van der Waals surface area (Å²) >= 11 is 0. The smallest absolute Gasteiger partial charge is 0.289 e. The van der Waals surface area contributed by atoms with E-state index >= 15 is 0 Å². The summed E-state index contributed by atoms with van der Waals surface area (Å²) in [5.41, 5.74) is -1.00. The average Bonchev–Trinajstić information content (AvgIpc) is 3.17.